The Morgan fingerprint density at radius 3 is 2.21 bits per heavy atom. The van der Waals surface area contributed by atoms with E-state index in [9.17, 15) is 19.2 Å². The molecule has 0 saturated carbocycles. The van der Waals surface area contributed by atoms with E-state index in [1.807, 2.05) is 0 Å². The van der Waals surface area contributed by atoms with E-state index in [1.165, 1.54) is 0 Å². The number of carbonyl (C=O) groups is 4. The summed E-state index contributed by atoms with van der Waals surface area (Å²) in [4.78, 5) is 41.6. The normalized spacial score (nSPS) is 9.79. The molecule has 6 nitrogen and oxygen atoms in total. The van der Waals surface area contributed by atoms with E-state index in [0.29, 0.717) is 12.2 Å². The number of carboxylic acid groups (broad SMARTS) is 1. The Hall–Kier alpha value is -1.98. The van der Waals surface area contributed by atoms with Crippen LogP contribution in [-0.2, 0) is 23.9 Å². The molecule has 0 atom stereocenters. The lowest BCUT2D eigenvalue weighted by Gasteiger charge is -1.97. The van der Waals surface area contributed by atoms with E-state index < -0.39 is 30.1 Å². The summed E-state index contributed by atoms with van der Waals surface area (Å²) in [6, 6.07) is 0. The summed E-state index contributed by atoms with van der Waals surface area (Å²) in [6.45, 7) is 0.376. The number of carboxylic acids is 1. The molecule has 0 aliphatic rings. The van der Waals surface area contributed by atoms with Crippen LogP contribution in [0.1, 0.15) is 6.92 Å². The van der Waals surface area contributed by atoms with Gasteiger partial charge in [-0.3, -0.25) is 9.59 Å². The maximum Gasteiger partial charge on any atom is 0.331 e. The van der Waals surface area contributed by atoms with Gasteiger partial charge in [-0.05, 0) is 0 Å². The molecule has 0 radical (unpaired) electrons. The van der Waals surface area contributed by atoms with E-state index >= 15 is 0 Å². The molecule has 0 amide bonds. The van der Waals surface area contributed by atoms with Crippen LogP contribution in [0.3, 0.4) is 0 Å². The molecule has 0 aliphatic carbocycles. The molecule has 0 aromatic rings. The Balaban J connectivity index is 3.92. The highest BCUT2D eigenvalue weighted by Gasteiger charge is 2.09. The third-order valence-corrected chi connectivity index (χ3v) is 1.10. The SMILES string of the molecule is CC(=O)C(=O)COC(=O)/C=C/C(=O)O. The smallest absolute Gasteiger partial charge is 0.331 e. The molecule has 0 fully saturated rings. The molecule has 1 N–H and O–H groups in total. The zero-order valence-electron chi connectivity index (χ0n) is 7.35. The number of aliphatic carboxylic acids is 1. The van der Waals surface area contributed by atoms with Crippen LogP contribution in [-0.4, -0.2) is 35.2 Å². The lowest BCUT2D eigenvalue weighted by Crippen LogP contribution is -2.18. The zero-order valence-corrected chi connectivity index (χ0v) is 7.35. The van der Waals surface area contributed by atoms with Crippen molar-refractivity contribution < 1.29 is 29.0 Å². The van der Waals surface area contributed by atoms with Crippen molar-refractivity contribution in [3.63, 3.8) is 0 Å². The zero-order chi connectivity index (χ0) is 11.1. The van der Waals surface area contributed by atoms with Crippen LogP contribution < -0.4 is 0 Å². The van der Waals surface area contributed by atoms with E-state index in [0.717, 1.165) is 6.92 Å². The Morgan fingerprint density at radius 1 is 1.21 bits per heavy atom. The third-order valence-electron chi connectivity index (χ3n) is 1.10. The van der Waals surface area contributed by atoms with Crippen molar-refractivity contribution in [2.45, 2.75) is 6.92 Å². The largest absolute Gasteiger partial charge is 0.478 e. The average molecular weight is 200 g/mol. The van der Waals surface area contributed by atoms with Crippen molar-refractivity contribution in [1.29, 1.82) is 0 Å². The highest BCUT2D eigenvalue weighted by atomic mass is 16.5. The van der Waals surface area contributed by atoms with Crippen molar-refractivity contribution >= 4 is 23.5 Å². The van der Waals surface area contributed by atoms with Crippen LogP contribution >= 0.6 is 0 Å². The maximum absolute atomic E-state index is 10.6. The number of rotatable bonds is 5. The van der Waals surface area contributed by atoms with Crippen LogP contribution in [0.25, 0.3) is 0 Å². The molecule has 0 rings (SSSR count). The molecular weight excluding hydrogens is 192 g/mol. The Kier molecular flexibility index (Phi) is 4.83. The van der Waals surface area contributed by atoms with Gasteiger partial charge in [0.15, 0.2) is 12.4 Å². The van der Waals surface area contributed by atoms with E-state index in [1.54, 1.807) is 0 Å². The third kappa shape index (κ3) is 5.64. The van der Waals surface area contributed by atoms with E-state index in [-0.39, 0.29) is 0 Å². The van der Waals surface area contributed by atoms with Gasteiger partial charge < -0.3 is 9.84 Å². The molecule has 0 aliphatic heterocycles. The van der Waals surface area contributed by atoms with Gasteiger partial charge in [0.2, 0.25) is 5.78 Å². The van der Waals surface area contributed by atoms with Gasteiger partial charge in [0.05, 0.1) is 0 Å². The van der Waals surface area contributed by atoms with Gasteiger partial charge in [0, 0.05) is 19.1 Å². The van der Waals surface area contributed by atoms with Gasteiger partial charge in [-0.2, -0.15) is 0 Å². The molecule has 0 spiro atoms. The summed E-state index contributed by atoms with van der Waals surface area (Å²) in [5, 5.41) is 8.11. The van der Waals surface area contributed by atoms with E-state index in [2.05, 4.69) is 4.74 Å². The minimum Gasteiger partial charge on any atom is -0.478 e. The minimum absolute atomic E-state index is 0.570. The molecule has 0 bridgehead atoms. The molecular formula is C8H8O6. The number of ketones is 2. The summed E-state index contributed by atoms with van der Waals surface area (Å²) in [5.74, 6) is -3.86. The lowest BCUT2D eigenvalue weighted by molar-refractivity contribution is -0.146. The number of hydrogen-bond acceptors (Lipinski definition) is 5. The minimum atomic E-state index is -1.31. The van der Waals surface area contributed by atoms with Crippen LogP contribution in [0.4, 0.5) is 0 Å². The monoisotopic (exact) mass is 200 g/mol. The predicted octanol–water partition coefficient (Wildman–Crippen LogP) is -0.672. The van der Waals surface area contributed by atoms with Crippen molar-refractivity contribution in [3.8, 4) is 0 Å². The first-order valence-electron chi connectivity index (χ1n) is 3.55. The molecule has 0 aromatic heterocycles. The number of hydrogen-bond donors (Lipinski definition) is 1. The highest BCUT2D eigenvalue weighted by molar-refractivity contribution is 6.37. The molecule has 6 heteroatoms. The summed E-state index contributed by atoms with van der Waals surface area (Å²) in [6.07, 6.45) is 1.22. The van der Waals surface area contributed by atoms with Crippen LogP contribution in [0.15, 0.2) is 12.2 Å². The number of Topliss-reactive ketones (excluding diaryl/α,β-unsaturated/α-hetero) is 2. The second kappa shape index (κ2) is 5.63. The van der Waals surface area contributed by atoms with Gasteiger partial charge >= 0.3 is 11.9 Å². The number of ether oxygens (including phenoxy) is 1. The molecule has 76 valence electrons. The first-order valence-corrected chi connectivity index (χ1v) is 3.55. The van der Waals surface area contributed by atoms with Crippen LogP contribution in [0, 0.1) is 0 Å². The Bertz CT molecular complexity index is 301. The second-order valence-electron chi connectivity index (χ2n) is 2.26. The molecule has 0 aromatic carbocycles. The fourth-order valence-electron chi connectivity index (χ4n) is 0.426. The van der Waals surface area contributed by atoms with Crippen molar-refractivity contribution in [2.24, 2.45) is 0 Å². The fourth-order valence-corrected chi connectivity index (χ4v) is 0.426. The Morgan fingerprint density at radius 2 is 1.79 bits per heavy atom. The van der Waals surface area contributed by atoms with Crippen molar-refractivity contribution in [3.05, 3.63) is 12.2 Å². The van der Waals surface area contributed by atoms with Gasteiger partial charge in [0.25, 0.3) is 0 Å². The second-order valence-corrected chi connectivity index (χ2v) is 2.26. The summed E-state index contributed by atoms with van der Waals surface area (Å²) < 4.78 is 4.26. The van der Waals surface area contributed by atoms with Crippen LogP contribution in [0.5, 0.6) is 0 Å². The quantitative estimate of drug-likeness (QED) is 0.359. The first kappa shape index (κ1) is 12.0. The van der Waals surface area contributed by atoms with Gasteiger partial charge in [-0.1, -0.05) is 0 Å². The van der Waals surface area contributed by atoms with Gasteiger partial charge in [-0.25, -0.2) is 9.59 Å². The molecule has 0 saturated heterocycles. The first-order chi connectivity index (χ1) is 6.43. The highest BCUT2D eigenvalue weighted by Crippen LogP contribution is 1.84. The van der Waals surface area contributed by atoms with Crippen molar-refractivity contribution in [1.82, 2.24) is 0 Å². The Labute approximate surface area is 79.2 Å². The summed E-state index contributed by atoms with van der Waals surface area (Å²) in [7, 11) is 0. The van der Waals surface area contributed by atoms with Gasteiger partial charge in [-0.15, -0.1) is 0 Å². The molecule has 14 heavy (non-hydrogen) atoms. The average Bonchev–Trinajstić information content (AvgIpc) is 2.10. The lowest BCUT2D eigenvalue weighted by atomic mass is 10.3. The fraction of sp³-hybridized carbons (Fsp3) is 0.250. The predicted molar refractivity (Wildman–Crippen MR) is 43.4 cm³/mol. The maximum atomic E-state index is 10.6. The standard InChI is InChI=1S/C8H8O6/c1-5(9)6(10)4-14-8(13)3-2-7(11)12/h2-3H,4H2,1H3,(H,11,12)/b3-2+. The van der Waals surface area contributed by atoms with Crippen LogP contribution in [0.2, 0.25) is 0 Å². The number of esters is 1. The van der Waals surface area contributed by atoms with E-state index in [4.69, 9.17) is 5.11 Å². The van der Waals surface area contributed by atoms with Gasteiger partial charge in [0.1, 0.15) is 0 Å². The number of carbonyl (C=O) groups excluding carboxylic acids is 3. The molecule has 0 unspecified atom stereocenters. The molecule has 0 heterocycles. The van der Waals surface area contributed by atoms with Crippen molar-refractivity contribution in [2.75, 3.05) is 6.61 Å². The summed E-state index contributed by atoms with van der Waals surface area (Å²) in [5.41, 5.74) is 0. The summed E-state index contributed by atoms with van der Waals surface area (Å²) >= 11 is 0. The topological polar surface area (TPSA) is 97.7 Å².